The van der Waals surface area contributed by atoms with Gasteiger partial charge in [0.1, 0.15) is 0 Å². The molecule has 0 fully saturated rings. The first-order chi connectivity index (χ1) is 15.2. The van der Waals surface area contributed by atoms with Crippen LogP contribution < -0.4 is 9.03 Å². The van der Waals surface area contributed by atoms with E-state index < -0.39 is 20.0 Å². The van der Waals surface area contributed by atoms with Crippen LogP contribution in [0.5, 0.6) is 0 Å². The number of nitrogens with zero attached hydrogens (tertiary/aromatic N) is 1. The van der Waals surface area contributed by atoms with Crippen LogP contribution in [0.2, 0.25) is 0 Å². The van der Waals surface area contributed by atoms with Crippen LogP contribution in [0.4, 0.5) is 11.4 Å². The smallest absolute Gasteiger partial charge is 0.264 e. The molecule has 0 bridgehead atoms. The summed E-state index contributed by atoms with van der Waals surface area (Å²) in [5.41, 5.74) is 3.75. The molecule has 0 saturated heterocycles. The third kappa shape index (κ3) is 4.38. The number of aryl methyl sites for hydroxylation is 3. The summed E-state index contributed by atoms with van der Waals surface area (Å²) in [5, 5.41) is 0. The lowest BCUT2D eigenvalue weighted by Gasteiger charge is -2.31. The molecule has 0 aromatic heterocycles. The van der Waals surface area contributed by atoms with E-state index in [9.17, 15) is 16.8 Å². The van der Waals surface area contributed by atoms with Crippen molar-refractivity contribution in [1.29, 1.82) is 0 Å². The maximum atomic E-state index is 13.3. The summed E-state index contributed by atoms with van der Waals surface area (Å²) >= 11 is 0. The Labute approximate surface area is 190 Å². The highest BCUT2D eigenvalue weighted by atomic mass is 32.2. The quantitative estimate of drug-likeness (QED) is 0.575. The van der Waals surface area contributed by atoms with Gasteiger partial charge in [-0.05, 0) is 73.7 Å². The summed E-state index contributed by atoms with van der Waals surface area (Å²) in [7, 11) is -7.55. The molecule has 0 aliphatic carbocycles. The predicted molar refractivity (Wildman–Crippen MR) is 127 cm³/mol. The molecule has 8 heteroatoms. The van der Waals surface area contributed by atoms with Crippen molar-refractivity contribution in [1.82, 2.24) is 0 Å². The predicted octanol–water partition coefficient (Wildman–Crippen LogP) is 4.50. The van der Waals surface area contributed by atoms with Crippen LogP contribution in [0.25, 0.3) is 0 Å². The SMILES string of the molecule is CCc1ccc(S(=O)(=O)Nc2ccc3c(c2)N(S(=O)(=O)c2ccc(C)cc2)CCC3)cc1. The van der Waals surface area contributed by atoms with Gasteiger partial charge in [-0.3, -0.25) is 9.03 Å². The number of anilines is 2. The van der Waals surface area contributed by atoms with E-state index in [-0.39, 0.29) is 9.79 Å². The Bertz CT molecular complexity index is 1330. The maximum Gasteiger partial charge on any atom is 0.264 e. The molecule has 1 N–H and O–H groups in total. The van der Waals surface area contributed by atoms with E-state index in [0.717, 1.165) is 29.5 Å². The van der Waals surface area contributed by atoms with E-state index in [1.807, 2.05) is 13.8 Å². The Kier molecular flexibility index (Phi) is 6.01. The van der Waals surface area contributed by atoms with Gasteiger partial charge in [0.15, 0.2) is 0 Å². The molecule has 168 valence electrons. The molecule has 4 rings (SSSR count). The normalized spacial score (nSPS) is 14.1. The molecule has 0 unspecified atom stereocenters. The molecule has 3 aromatic rings. The second-order valence-electron chi connectivity index (χ2n) is 7.94. The van der Waals surface area contributed by atoms with Crippen LogP contribution in [-0.2, 0) is 32.9 Å². The minimum atomic E-state index is -3.79. The molecular formula is C24H26N2O4S2. The standard InChI is InChI=1S/C24H26N2O4S2/c1-3-19-8-14-22(15-9-19)31(27,28)25-21-11-10-20-5-4-16-26(24(20)17-21)32(29,30)23-12-6-18(2)7-13-23/h6-15,17,25H,3-5,16H2,1-2H3. The molecule has 3 aromatic carbocycles. The van der Waals surface area contributed by atoms with Gasteiger partial charge in [-0.25, -0.2) is 16.8 Å². The molecule has 0 spiro atoms. The van der Waals surface area contributed by atoms with Gasteiger partial charge in [0.2, 0.25) is 0 Å². The first kappa shape index (κ1) is 22.4. The van der Waals surface area contributed by atoms with E-state index in [1.54, 1.807) is 66.7 Å². The highest BCUT2D eigenvalue weighted by Gasteiger charge is 2.29. The van der Waals surface area contributed by atoms with Crippen LogP contribution in [0.1, 0.15) is 30.0 Å². The summed E-state index contributed by atoms with van der Waals surface area (Å²) in [6.45, 7) is 4.25. The zero-order valence-electron chi connectivity index (χ0n) is 18.1. The Morgan fingerprint density at radius 1 is 0.875 bits per heavy atom. The molecule has 1 heterocycles. The summed E-state index contributed by atoms with van der Waals surface area (Å²) < 4.78 is 56.3. The number of nitrogens with one attached hydrogen (secondary N) is 1. The molecule has 32 heavy (non-hydrogen) atoms. The fraction of sp³-hybridized carbons (Fsp3) is 0.250. The summed E-state index contributed by atoms with van der Waals surface area (Å²) in [6, 6.07) is 18.6. The third-order valence-corrected chi connectivity index (χ3v) is 8.89. The number of hydrogen-bond donors (Lipinski definition) is 1. The number of rotatable bonds is 6. The second kappa shape index (κ2) is 8.60. The maximum absolute atomic E-state index is 13.3. The third-order valence-electron chi connectivity index (χ3n) is 5.66. The minimum absolute atomic E-state index is 0.163. The van der Waals surface area contributed by atoms with Crippen molar-refractivity contribution >= 4 is 31.4 Å². The number of sulfonamides is 2. The van der Waals surface area contributed by atoms with E-state index in [1.165, 1.54) is 4.31 Å². The van der Waals surface area contributed by atoms with Crippen LogP contribution >= 0.6 is 0 Å². The summed E-state index contributed by atoms with van der Waals surface area (Å²) in [5.74, 6) is 0. The first-order valence-corrected chi connectivity index (χ1v) is 13.5. The van der Waals surface area contributed by atoms with Gasteiger partial charge in [-0.2, -0.15) is 0 Å². The molecular weight excluding hydrogens is 444 g/mol. The van der Waals surface area contributed by atoms with Crippen LogP contribution in [-0.4, -0.2) is 23.4 Å². The van der Waals surface area contributed by atoms with Gasteiger partial charge in [0.25, 0.3) is 20.0 Å². The van der Waals surface area contributed by atoms with Crippen molar-refractivity contribution in [3.05, 3.63) is 83.4 Å². The Balaban J connectivity index is 1.67. The van der Waals surface area contributed by atoms with Crippen molar-refractivity contribution in [3.63, 3.8) is 0 Å². The highest BCUT2D eigenvalue weighted by molar-refractivity contribution is 7.93. The Morgan fingerprint density at radius 3 is 2.19 bits per heavy atom. The van der Waals surface area contributed by atoms with Gasteiger partial charge >= 0.3 is 0 Å². The number of fused-ring (bicyclic) bond motifs is 1. The van der Waals surface area contributed by atoms with Gasteiger partial charge in [-0.15, -0.1) is 0 Å². The first-order valence-electron chi connectivity index (χ1n) is 10.5. The van der Waals surface area contributed by atoms with Gasteiger partial charge < -0.3 is 0 Å². The van der Waals surface area contributed by atoms with Crippen molar-refractivity contribution in [2.75, 3.05) is 15.6 Å². The summed E-state index contributed by atoms with van der Waals surface area (Å²) in [4.78, 5) is 0.384. The molecule has 0 amide bonds. The molecule has 0 saturated carbocycles. The molecule has 1 aliphatic heterocycles. The topological polar surface area (TPSA) is 83.6 Å². The van der Waals surface area contributed by atoms with E-state index in [2.05, 4.69) is 4.72 Å². The number of hydrogen-bond acceptors (Lipinski definition) is 4. The average Bonchev–Trinajstić information content (AvgIpc) is 2.78. The van der Waals surface area contributed by atoms with E-state index in [0.29, 0.717) is 24.3 Å². The monoisotopic (exact) mass is 470 g/mol. The lowest BCUT2D eigenvalue weighted by atomic mass is 10.0. The van der Waals surface area contributed by atoms with Gasteiger partial charge in [-0.1, -0.05) is 42.8 Å². The summed E-state index contributed by atoms with van der Waals surface area (Å²) in [6.07, 6.45) is 2.26. The minimum Gasteiger partial charge on any atom is -0.280 e. The molecule has 6 nitrogen and oxygen atoms in total. The molecule has 0 radical (unpaired) electrons. The van der Waals surface area contributed by atoms with E-state index in [4.69, 9.17) is 0 Å². The van der Waals surface area contributed by atoms with E-state index >= 15 is 0 Å². The van der Waals surface area contributed by atoms with Crippen LogP contribution in [0.3, 0.4) is 0 Å². The van der Waals surface area contributed by atoms with Gasteiger partial charge in [0, 0.05) is 6.54 Å². The van der Waals surface area contributed by atoms with Gasteiger partial charge in [0.05, 0.1) is 21.2 Å². The van der Waals surface area contributed by atoms with Crippen molar-refractivity contribution in [2.45, 2.75) is 42.9 Å². The van der Waals surface area contributed by atoms with Crippen molar-refractivity contribution < 1.29 is 16.8 Å². The highest BCUT2D eigenvalue weighted by Crippen LogP contribution is 2.34. The van der Waals surface area contributed by atoms with Crippen molar-refractivity contribution in [2.24, 2.45) is 0 Å². The zero-order chi connectivity index (χ0) is 22.9. The van der Waals surface area contributed by atoms with Crippen molar-refractivity contribution in [3.8, 4) is 0 Å². The Morgan fingerprint density at radius 2 is 1.53 bits per heavy atom. The fourth-order valence-electron chi connectivity index (χ4n) is 3.81. The lowest BCUT2D eigenvalue weighted by molar-refractivity contribution is 0.586. The number of benzene rings is 3. The second-order valence-corrected chi connectivity index (χ2v) is 11.5. The molecule has 1 aliphatic rings. The lowest BCUT2D eigenvalue weighted by Crippen LogP contribution is -2.35. The average molecular weight is 471 g/mol. The Hall–Kier alpha value is -2.84. The zero-order valence-corrected chi connectivity index (χ0v) is 19.7. The fourth-order valence-corrected chi connectivity index (χ4v) is 6.39. The molecule has 0 atom stereocenters. The van der Waals surface area contributed by atoms with Crippen LogP contribution in [0.15, 0.2) is 76.5 Å². The van der Waals surface area contributed by atoms with Crippen LogP contribution in [0, 0.1) is 6.92 Å². The largest absolute Gasteiger partial charge is 0.280 e.